The number of aliphatic hydroxyl groups is 2. The first-order valence-corrected chi connectivity index (χ1v) is 18.2. The fourth-order valence-corrected chi connectivity index (χ4v) is 11.8. The highest BCUT2D eigenvalue weighted by Crippen LogP contribution is 2.64. The van der Waals surface area contributed by atoms with E-state index >= 15 is 0 Å². The van der Waals surface area contributed by atoms with Crippen LogP contribution >= 0.6 is 0 Å². The molecule has 0 radical (unpaired) electrons. The maximum atomic E-state index is 13.4. The van der Waals surface area contributed by atoms with Gasteiger partial charge in [-0.2, -0.15) is 16.8 Å². The molecule has 0 amide bonds. The zero-order chi connectivity index (χ0) is 31.1. The number of fused-ring (bicyclic) bond motifs is 7. The van der Waals surface area contributed by atoms with Gasteiger partial charge in [0.15, 0.2) is 0 Å². The second-order valence-corrected chi connectivity index (χ2v) is 18.6. The Balaban J connectivity index is 1.09. The molecule has 0 aliphatic heterocycles. The SMILES string of the molecule is CC1(C)C2CC(OS(=O)(=O)c3ccc4c(c3)Cc3cc(S(=O)(=O)OC5CC6CC(C6(C)C)C5(C)O)ccc3-4)C(C)(O)C1C2. The van der Waals surface area contributed by atoms with E-state index in [1.807, 2.05) is 0 Å². The quantitative estimate of drug-likeness (QED) is 0.363. The molecule has 234 valence electrons. The fourth-order valence-electron chi connectivity index (χ4n) is 9.42. The third-order valence-corrected chi connectivity index (χ3v) is 15.2. The van der Waals surface area contributed by atoms with Crippen LogP contribution in [0.3, 0.4) is 0 Å². The summed E-state index contributed by atoms with van der Waals surface area (Å²) in [6, 6.07) is 9.66. The minimum atomic E-state index is -4.15. The molecule has 2 aromatic carbocycles. The standard InChI is InChI=1S/C33H42O8S2/c1-30(2)20-14-26(30)32(5,34)28(16-20)40-42(36,37)22-7-9-24-18(12-22)11-19-13-23(8-10-25(19)24)43(38,39)41-29-17-21-15-27(31(21,3)4)33(29,6)35/h7-10,12-13,20-21,26-29,34-35H,11,14-17H2,1-6H3. The molecule has 10 heteroatoms. The van der Waals surface area contributed by atoms with E-state index in [0.717, 1.165) is 35.1 Å². The van der Waals surface area contributed by atoms with Gasteiger partial charge in [-0.3, -0.25) is 8.37 Å². The van der Waals surface area contributed by atoms with Crippen molar-refractivity contribution >= 4 is 20.2 Å². The predicted octanol–water partition coefficient (Wildman–Crippen LogP) is 5.04. The fraction of sp³-hybridized carbons (Fsp3) is 0.636. The summed E-state index contributed by atoms with van der Waals surface area (Å²) in [4.78, 5) is 0.0381. The summed E-state index contributed by atoms with van der Waals surface area (Å²) < 4.78 is 64.9. The summed E-state index contributed by atoms with van der Waals surface area (Å²) in [5.74, 6) is 0.571. The van der Waals surface area contributed by atoms with E-state index in [0.29, 0.717) is 31.1 Å². The summed E-state index contributed by atoms with van der Waals surface area (Å²) in [6.45, 7) is 11.8. The third kappa shape index (κ3) is 4.19. The third-order valence-electron chi connectivity index (χ3n) is 12.5. The summed E-state index contributed by atoms with van der Waals surface area (Å²) in [7, 11) is -8.30. The highest BCUT2D eigenvalue weighted by Gasteiger charge is 2.65. The Morgan fingerprint density at radius 1 is 0.628 bits per heavy atom. The molecule has 6 fully saturated rings. The molecule has 2 aromatic rings. The Labute approximate surface area is 255 Å². The number of benzene rings is 2. The topological polar surface area (TPSA) is 127 Å². The van der Waals surface area contributed by atoms with Gasteiger partial charge >= 0.3 is 0 Å². The first-order chi connectivity index (χ1) is 19.8. The van der Waals surface area contributed by atoms with Gasteiger partial charge in [0.2, 0.25) is 0 Å². The Kier molecular flexibility index (Phi) is 6.19. The van der Waals surface area contributed by atoms with Crippen molar-refractivity contribution in [3.63, 3.8) is 0 Å². The van der Waals surface area contributed by atoms with Crippen molar-refractivity contribution in [1.82, 2.24) is 0 Å². The van der Waals surface area contributed by atoms with E-state index in [2.05, 4.69) is 27.7 Å². The van der Waals surface area contributed by atoms with Gasteiger partial charge in [-0.15, -0.1) is 0 Å². The molecule has 0 aromatic heterocycles. The highest BCUT2D eigenvalue weighted by molar-refractivity contribution is 7.87. The van der Waals surface area contributed by atoms with Crippen LogP contribution in [-0.2, 0) is 35.0 Å². The molecule has 0 saturated heterocycles. The van der Waals surface area contributed by atoms with Crippen LogP contribution in [-0.4, -0.2) is 50.5 Å². The van der Waals surface area contributed by atoms with Crippen molar-refractivity contribution in [2.45, 2.75) is 107 Å². The van der Waals surface area contributed by atoms with Crippen LogP contribution in [0.1, 0.15) is 78.4 Å². The Morgan fingerprint density at radius 3 is 1.33 bits per heavy atom. The zero-order valence-corrected chi connectivity index (χ0v) is 27.3. The Hall–Kier alpha value is -1.82. The van der Waals surface area contributed by atoms with Gasteiger partial charge < -0.3 is 10.2 Å². The van der Waals surface area contributed by atoms with Gasteiger partial charge in [0.05, 0.1) is 21.0 Å². The monoisotopic (exact) mass is 630 g/mol. The Morgan fingerprint density at radius 2 is 1.00 bits per heavy atom. The molecule has 4 bridgehead atoms. The molecule has 6 saturated carbocycles. The lowest BCUT2D eigenvalue weighted by molar-refractivity contribution is -0.237. The summed E-state index contributed by atoms with van der Waals surface area (Å²) in [6.07, 6.45) is 1.46. The maximum absolute atomic E-state index is 13.4. The van der Waals surface area contributed by atoms with Crippen molar-refractivity contribution in [3.05, 3.63) is 47.5 Å². The number of hydrogen-bond donors (Lipinski definition) is 2. The number of hydrogen-bond acceptors (Lipinski definition) is 8. The molecule has 8 unspecified atom stereocenters. The van der Waals surface area contributed by atoms with Crippen LogP contribution in [0.25, 0.3) is 11.1 Å². The largest absolute Gasteiger partial charge is 0.387 e. The van der Waals surface area contributed by atoms with Crippen LogP contribution in [0.5, 0.6) is 0 Å². The van der Waals surface area contributed by atoms with Gasteiger partial charge in [-0.1, -0.05) is 39.8 Å². The lowest BCUT2D eigenvalue weighted by atomic mass is 9.43. The summed E-state index contributed by atoms with van der Waals surface area (Å²) in [5.41, 5.74) is 0.602. The second-order valence-electron chi connectivity index (χ2n) is 15.4. The first kappa shape index (κ1) is 29.9. The van der Waals surface area contributed by atoms with E-state index in [1.165, 1.54) is 12.1 Å². The van der Waals surface area contributed by atoms with E-state index < -0.39 is 43.6 Å². The second kappa shape index (κ2) is 8.91. The van der Waals surface area contributed by atoms with Gasteiger partial charge in [-0.25, -0.2) is 0 Å². The number of rotatable bonds is 6. The van der Waals surface area contributed by atoms with Crippen LogP contribution in [0.15, 0.2) is 46.2 Å². The molecule has 0 spiro atoms. The molecule has 8 atom stereocenters. The van der Waals surface area contributed by atoms with Crippen molar-refractivity contribution in [3.8, 4) is 11.1 Å². The smallest absolute Gasteiger partial charge is 0.297 e. The average molecular weight is 631 g/mol. The van der Waals surface area contributed by atoms with Crippen molar-refractivity contribution in [2.75, 3.05) is 0 Å². The van der Waals surface area contributed by atoms with E-state index in [1.54, 1.807) is 38.1 Å². The minimum Gasteiger partial charge on any atom is -0.387 e. The lowest BCUT2D eigenvalue weighted by Crippen LogP contribution is -2.67. The molecule has 7 aliphatic carbocycles. The minimum absolute atomic E-state index is 0.0190. The molecule has 8 nitrogen and oxygen atoms in total. The molecular weight excluding hydrogens is 588 g/mol. The average Bonchev–Trinajstić information content (AvgIpc) is 3.27. The van der Waals surface area contributed by atoms with Gasteiger partial charge in [0.1, 0.15) is 12.2 Å². The lowest BCUT2D eigenvalue weighted by Gasteiger charge is -2.64. The van der Waals surface area contributed by atoms with Gasteiger partial charge in [0, 0.05) is 0 Å². The predicted molar refractivity (Wildman–Crippen MR) is 160 cm³/mol. The molecular formula is C33H42O8S2. The molecule has 43 heavy (non-hydrogen) atoms. The van der Waals surface area contributed by atoms with E-state index in [-0.39, 0.29) is 32.5 Å². The first-order valence-electron chi connectivity index (χ1n) is 15.3. The molecule has 2 N–H and O–H groups in total. The van der Waals surface area contributed by atoms with Crippen molar-refractivity contribution < 1.29 is 35.4 Å². The van der Waals surface area contributed by atoms with Gasteiger partial charge in [0.25, 0.3) is 20.2 Å². The zero-order valence-electron chi connectivity index (χ0n) is 25.6. The molecule has 9 rings (SSSR count). The normalized spacial score (nSPS) is 38.4. The van der Waals surface area contributed by atoms with Gasteiger partial charge in [-0.05, 0) is 127 Å². The summed E-state index contributed by atoms with van der Waals surface area (Å²) >= 11 is 0. The van der Waals surface area contributed by atoms with Crippen molar-refractivity contribution in [1.29, 1.82) is 0 Å². The Bertz CT molecular complexity index is 1610. The van der Waals surface area contributed by atoms with Crippen LogP contribution in [0, 0.1) is 34.5 Å². The molecule has 7 aliphatic rings. The van der Waals surface area contributed by atoms with Crippen LogP contribution in [0.4, 0.5) is 0 Å². The summed E-state index contributed by atoms with van der Waals surface area (Å²) in [5, 5.41) is 22.5. The van der Waals surface area contributed by atoms with Crippen molar-refractivity contribution in [2.24, 2.45) is 34.5 Å². The molecule has 0 heterocycles. The highest BCUT2D eigenvalue weighted by atomic mass is 32.2. The van der Waals surface area contributed by atoms with E-state index in [9.17, 15) is 27.0 Å². The van der Waals surface area contributed by atoms with Crippen LogP contribution in [0.2, 0.25) is 0 Å². The maximum Gasteiger partial charge on any atom is 0.297 e. The van der Waals surface area contributed by atoms with E-state index in [4.69, 9.17) is 8.37 Å². The van der Waals surface area contributed by atoms with Crippen LogP contribution < -0.4 is 0 Å².